The summed E-state index contributed by atoms with van der Waals surface area (Å²) in [4.78, 5) is 7.20. The van der Waals surface area contributed by atoms with Crippen LogP contribution in [0.1, 0.15) is 38.2 Å². The number of likely N-dealkylation sites (tertiary alicyclic amines) is 1. The minimum absolute atomic E-state index is 0. The van der Waals surface area contributed by atoms with Crippen molar-refractivity contribution in [1.82, 2.24) is 10.2 Å². The number of nitrogens with one attached hydrogen (secondary N) is 1. The molecule has 140 valence electrons. The summed E-state index contributed by atoms with van der Waals surface area (Å²) >= 11 is 0. The molecule has 1 aliphatic carbocycles. The van der Waals surface area contributed by atoms with Crippen molar-refractivity contribution in [3.05, 3.63) is 23.8 Å². The number of halogens is 1. The first-order valence-electron chi connectivity index (χ1n) is 9.05. The van der Waals surface area contributed by atoms with Crippen molar-refractivity contribution in [2.75, 3.05) is 33.3 Å². The average molecular weight is 459 g/mol. The number of hydrogen-bond donors (Lipinski definition) is 2. The molecule has 0 atom stereocenters. The Morgan fingerprint density at radius 2 is 2.16 bits per heavy atom. The molecular weight excluding hydrogens is 429 g/mol. The van der Waals surface area contributed by atoms with Gasteiger partial charge in [-0.05, 0) is 49.7 Å². The Bertz CT molecular complexity index is 602. The van der Waals surface area contributed by atoms with Gasteiger partial charge >= 0.3 is 0 Å². The third kappa shape index (κ3) is 4.71. The third-order valence-corrected chi connectivity index (χ3v) is 5.42. The van der Waals surface area contributed by atoms with Gasteiger partial charge in [-0.3, -0.25) is 4.99 Å². The smallest absolute Gasteiger partial charge is 0.193 e. The van der Waals surface area contributed by atoms with Gasteiger partial charge in [0, 0.05) is 32.2 Å². The van der Waals surface area contributed by atoms with Crippen LogP contribution in [0.3, 0.4) is 0 Å². The molecule has 0 bridgehead atoms. The minimum Gasteiger partial charge on any atom is -0.508 e. The van der Waals surface area contributed by atoms with Crippen molar-refractivity contribution < 1.29 is 9.84 Å². The number of aliphatic imine (C=N–C) groups is 1. The number of rotatable bonds is 5. The molecule has 0 unspecified atom stereocenters. The molecule has 2 fully saturated rings. The van der Waals surface area contributed by atoms with E-state index >= 15 is 0 Å². The SMILES string of the molecule is CCNC(=NCCc1ccc(OC)cc1O)N1CCC2(CCC2)C1.I. The van der Waals surface area contributed by atoms with Crippen LogP contribution in [0.5, 0.6) is 11.5 Å². The van der Waals surface area contributed by atoms with E-state index in [4.69, 9.17) is 9.73 Å². The molecule has 0 radical (unpaired) electrons. The number of ether oxygens (including phenoxy) is 1. The van der Waals surface area contributed by atoms with Crippen molar-refractivity contribution in [2.45, 2.75) is 39.0 Å². The van der Waals surface area contributed by atoms with Gasteiger partial charge in [0.25, 0.3) is 0 Å². The predicted octanol–water partition coefficient (Wildman–Crippen LogP) is 3.40. The summed E-state index contributed by atoms with van der Waals surface area (Å²) in [6.07, 6.45) is 6.17. The molecule has 5 nitrogen and oxygen atoms in total. The van der Waals surface area contributed by atoms with Gasteiger partial charge in [-0.2, -0.15) is 0 Å². The normalized spacial score (nSPS) is 18.6. The molecule has 2 aliphatic rings. The maximum atomic E-state index is 10.1. The first kappa shape index (κ1) is 20.1. The van der Waals surface area contributed by atoms with Gasteiger partial charge in [-0.25, -0.2) is 0 Å². The Hall–Kier alpha value is -1.18. The van der Waals surface area contributed by atoms with Crippen LogP contribution < -0.4 is 10.1 Å². The van der Waals surface area contributed by atoms with Gasteiger partial charge in [-0.1, -0.05) is 12.5 Å². The summed E-state index contributed by atoms with van der Waals surface area (Å²) in [6, 6.07) is 5.45. The Morgan fingerprint density at radius 1 is 1.36 bits per heavy atom. The van der Waals surface area contributed by atoms with Gasteiger partial charge in [0.05, 0.1) is 7.11 Å². The van der Waals surface area contributed by atoms with Gasteiger partial charge < -0.3 is 20.1 Å². The largest absolute Gasteiger partial charge is 0.508 e. The molecule has 1 saturated heterocycles. The summed E-state index contributed by atoms with van der Waals surface area (Å²) in [7, 11) is 1.60. The fraction of sp³-hybridized carbons (Fsp3) is 0.632. The van der Waals surface area contributed by atoms with Crippen LogP contribution in [-0.4, -0.2) is 49.3 Å². The molecular formula is C19H30IN3O2. The quantitative estimate of drug-likeness (QED) is 0.403. The minimum atomic E-state index is 0. The average Bonchev–Trinajstić information content (AvgIpc) is 3.01. The van der Waals surface area contributed by atoms with Crippen molar-refractivity contribution >= 4 is 29.9 Å². The molecule has 25 heavy (non-hydrogen) atoms. The van der Waals surface area contributed by atoms with E-state index in [2.05, 4.69) is 17.1 Å². The molecule has 1 spiro atoms. The molecule has 1 aromatic rings. The molecule has 1 heterocycles. The Kier molecular flexibility index (Phi) is 7.22. The van der Waals surface area contributed by atoms with Crippen LogP contribution in [0.2, 0.25) is 0 Å². The standard InChI is InChI=1S/C19H29N3O2.HI/c1-3-20-18(22-12-10-19(14-22)8-4-9-19)21-11-7-15-5-6-16(24-2)13-17(15)23;/h5-6,13,23H,3-4,7-12,14H2,1-2H3,(H,20,21);1H. The highest BCUT2D eigenvalue weighted by Crippen LogP contribution is 2.47. The van der Waals surface area contributed by atoms with Gasteiger partial charge in [0.2, 0.25) is 0 Å². The van der Waals surface area contributed by atoms with E-state index < -0.39 is 0 Å². The Morgan fingerprint density at radius 3 is 2.72 bits per heavy atom. The topological polar surface area (TPSA) is 57.1 Å². The van der Waals surface area contributed by atoms with Gasteiger partial charge in [0.1, 0.15) is 11.5 Å². The molecule has 1 aromatic carbocycles. The fourth-order valence-corrected chi connectivity index (χ4v) is 3.79. The lowest BCUT2D eigenvalue weighted by molar-refractivity contribution is 0.151. The first-order chi connectivity index (χ1) is 11.7. The van der Waals surface area contributed by atoms with E-state index in [0.717, 1.165) is 37.6 Å². The van der Waals surface area contributed by atoms with E-state index in [-0.39, 0.29) is 29.7 Å². The van der Waals surface area contributed by atoms with E-state index in [1.807, 2.05) is 12.1 Å². The summed E-state index contributed by atoms with van der Waals surface area (Å²) in [5, 5.41) is 13.5. The molecule has 1 saturated carbocycles. The number of hydrogen-bond acceptors (Lipinski definition) is 3. The summed E-state index contributed by atoms with van der Waals surface area (Å²) in [5.74, 6) is 1.98. The number of phenolic OH excluding ortho intramolecular Hbond substituents is 1. The van der Waals surface area contributed by atoms with Gasteiger partial charge in [-0.15, -0.1) is 24.0 Å². The molecule has 3 rings (SSSR count). The number of nitrogens with zero attached hydrogens (tertiary/aromatic N) is 2. The Balaban J connectivity index is 0.00000225. The lowest BCUT2D eigenvalue weighted by atomic mass is 9.68. The highest BCUT2D eigenvalue weighted by Gasteiger charge is 2.43. The third-order valence-electron chi connectivity index (χ3n) is 5.42. The second-order valence-electron chi connectivity index (χ2n) is 7.01. The Labute approximate surface area is 167 Å². The van der Waals surface area contributed by atoms with Crippen LogP contribution >= 0.6 is 24.0 Å². The van der Waals surface area contributed by atoms with E-state index in [9.17, 15) is 5.11 Å². The van der Waals surface area contributed by atoms with Crippen molar-refractivity contribution in [3.63, 3.8) is 0 Å². The van der Waals surface area contributed by atoms with Crippen LogP contribution in [0.25, 0.3) is 0 Å². The van der Waals surface area contributed by atoms with Crippen LogP contribution in [-0.2, 0) is 6.42 Å². The van der Waals surface area contributed by atoms with Crippen molar-refractivity contribution in [2.24, 2.45) is 10.4 Å². The van der Waals surface area contributed by atoms with E-state index in [1.54, 1.807) is 13.2 Å². The summed E-state index contributed by atoms with van der Waals surface area (Å²) in [6.45, 7) is 5.92. The van der Waals surface area contributed by atoms with Crippen molar-refractivity contribution in [1.29, 1.82) is 0 Å². The number of methoxy groups -OCH3 is 1. The number of phenols is 1. The molecule has 1 aliphatic heterocycles. The molecule has 0 amide bonds. The van der Waals surface area contributed by atoms with Crippen LogP contribution in [0.15, 0.2) is 23.2 Å². The number of aromatic hydroxyl groups is 1. The van der Waals surface area contributed by atoms with Gasteiger partial charge in [0.15, 0.2) is 5.96 Å². The molecule has 6 heteroatoms. The summed E-state index contributed by atoms with van der Waals surface area (Å²) in [5.41, 5.74) is 1.48. The van der Waals surface area contributed by atoms with Crippen LogP contribution in [0.4, 0.5) is 0 Å². The lowest BCUT2D eigenvalue weighted by Gasteiger charge is -2.38. The summed E-state index contributed by atoms with van der Waals surface area (Å²) < 4.78 is 5.12. The van der Waals surface area contributed by atoms with E-state index in [0.29, 0.717) is 17.7 Å². The second-order valence-corrected chi connectivity index (χ2v) is 7.01. The maximum Gasteiger partial charge on any atom is 0.193 e. The van der Waals surface area contributed by atoms with Crippen LogP contribution in [0, 0.1) is 5.41 Å². The number of guanidine groups is 1. The maximum absolute atomic E-state index is 10.1. The molecule has 2 N–H and O–H groups in total. The highest BCUT2D eigenvalue weighted by molar-refractivity contribution is 14.0. The highest BCUT2D eigenvalue weighted by atomic mass is 127. The predicted molar refractivity (Wildman–Crippen MR) is 112 cm³/mol. The zero-order valence-electron chi connectivity index (χ0n) is 15.3. The first-order valence-corrected chi connectivity index (χ1v) is 9.05. The number of benzene rings is 1. The van der Waals surface area contributed by atoms with E-state index in [1.165, 1.54) is 25.7 Å². The zero-order chi connectivity index (χ0) is 17.0. The zero-order valence-corrected chi connectivity index (χ0v) is 17.6. The molecule has 0 aromatic heterocycles. The second kappa shape index (κ2) is 8.96. The lowest BCUT2D eigenvalue weighted by Crippen LogP contribution is -2.42. The fourth-order valence-electron chi connectivity index (χ4n) is 3.79. The monoisotopic (exact) mass is 459 g/mol. The van der Waals surface area contributed by atoms with Crippen molar-refractivity contribution in [3.8, 4) is 11.5 Å².